The van der Waals surface area contributed by atoms with Gasteiger partial charge in [0.1, 0.15) is 5.75 Å². The molecule has 1 aliphatic rings. The lowest BCUT2D eigenvalue weighted by Gasteiger charge is -2.16. The standard InChI is InChI=1S/C18H25BrF2N4O2/c1-2-22-18(23-8-4-10-25-9-3-5-16(25)26)24-12-13-11-14(19)6-7-15(13)27-17(20)21/h6-7,11,17H,2-5,8-10,12H2,1H3,(H2,22,23,24). The average Bonchev–Trinajstić information content (AvgIpc) is 3.03. The van der Waals surface area contributed by atoms with Crippen LogP contribution < -0.4 is 15.4 Å². The van der Waals surface area contributed by atoms with Gasteiger partial charge in [0.15, 0.2) is 5.96 Å². The average molecular weight is 447 g/mol. The van der Waals surface area contributed by atoms with E-state index in [4.69, 9.17) is 0 Å². The fourth-order valence-electron chi connectivity index (χ4n) is 2.81. The van der Waals surface area contributed by atoms with Gasteiger partial charge in [-0.2, -0.15) is 8.78 Å². The highest BCUT2D eigenvalue weighted by atomic mass is 79.9. The highest BCUT2D eigenvalue weighted by molar-refractivity contribution is 9.10. The van der Waals surface area contributed by atoms with Crippen LogP contribution in [0.2, 0.25) is 0 Å². The molecule has 0 radical (unpaired) electrons. The lowest BCUT2D eigenvalue weighted by molar-refractivity contribution is -0.127. The van der Waals surface area contributed by atoms with Crippen LogP contribution in [0.15, 0.2) is 27.7 Å². The van der Waals surface area contributed by atoms with Crippen molar-refractivity contribution in [1.29, 1.82) is 0 Å². The van der Waals surface area contributed by atoms with Crippen LogP contribution in [-0.2, 0) is 11.3 Å². The number of hydrogen-bond acceptors (Lipinski definition) is 3. The first kappa shape index (κ1) is 21.4. The number of rotatable bonds is 9. The number of benzene rings is 1. The summed E-state index contributed by atoms with van der Waals surface area (Å²) in [5.41, 5.74) is 0.560. The smallest absolute Gasteiger partial charge is 0.387 e. The van der Waals surface area contributed by atoms with Crippen molar-refractivity contribution >= 4 is 27.8 Å². The zero-order valence-electron chi connectivity index (χ0n) is 15.3. The molecule has 0 unspecified atom stereocenters. The second kappa shape index (κ2) is 11.1. The van der Waals surface area contributed by atoms with Gasteiger partial charge >= 0.3 is 6.61 Å². The van der Waals surface area contributed by atoms with Crippen LogP contribution in [0.1, 0.15) is 31.7 Å². The molecule has 6 nitrogen and oxygen atoms in total. The van der Waals surface area contributed by atoms with Gasteiger partial charge in [0.05, 0.1) is 6.54 Å². The lowest BCUT2D eigenvalue weighted by atomic mass is 10.2. The van der Waals surface area contributed by atoms with Crippen LogP contribution in [0.5, 0.6) is 5.75 Å². The maximum atomic E-state index is 12.6. The van der Waals surface area contributed by atoms with Crippen LogP contribution in [0.3, 0.4) is 0 Å². The van der Waals surface area contributed by atoms with Gasteiger partial charge in [-0.05, 0) is 38.0 Å². The van der Waals surface area contributed by atoms with Crippen LogP contribution in [0.25, 0.3) is 0 Å². The number of likely N-dealkylation sites (tertiary alicyclic amines) is 1. The molecule has 1 heterocycles. The topological polar surface area (TPSA) is 66.0 Å². The van der Waals surface area contributed by atoms with Crippen molar-refractivity contribution in [2.75, 3.05) is 26.2 Å². The number of hydrogen-bond donors (Lipinski definition) is 2. The third-order valence-corrected chi connectivity index (χ3v) is 4.55. The highest BCUT2D eigenvalue weighted by Gasteiger charge is 2.19. The van der Waals surface area contributed by atoms with Gasteiger partial charge in [0.25, 0.3) is 0 Å². The first-order chi connectivity index (χ1) is 13.0. The number of halogens is 3. The van der Waals surface area contributed by atoms with E-state index in [-0.39, 0.29) is 18.2 Å². The van der Waals surface area contributed by atoms with Gasteiger partial charge in [-0.25, -0.2) is 4.99 Å². The largest absolute Gasteiger partial charge is 0.434 e. The van der Waals surface area contributed by atoms with Gasteiger partial charge in [-0.15, -0.1) is 0 Å². The number of nitrogens with one attached hydrogen (secondary N) is 2. The predicted octanol–water partition coefficient (Wildman–Crippen LogP) is 3.12. The second-order valence-electron chi connectivity index (χ2n) is 6.09. The summed E-state index contributed by atoms with van der Waals surface area (Å²) in [6, 6.07) is 4.85. The Morgan fingerprint density at radius 2 is 2.22 bits per heavy atom. The summed E-state index contributed by atoms with van der Waals surface area (Å²) in [6.45, 7) is 2.16. The molecule has 150 valence electrons. The molecule has 0 atom stereocenters. The summed E-state index contributed by atoms with van der Waals surface area (Å²) in [6.07, 6.45) is 2.39. The molecule has 0 bridgehead atoms. The van der Waals surface area contributed by atoms with Crippen molar-refractivity contribution < 1.29 is 18.3 Å². The molecule has 1 saturated heterocycles. The third kappa shape index (κ3) is 7.32. The van der Waals surface area contributed by atoms with Crippen molar-refractivity contribution in [2.24, 2.45) is 4.99 Å². The van der Waals surface area contributed by atoms with Gasteiger partial charge in [0, 0.05) is 42.6 Å². The maximum Gasteiger partial charge on any atom is 0.387 e. The van der Waals surface area contributed by atoms with E-state index in [9.17, 15) is 13.6 Å². The monoisotopic (exact) mass is 446 g/mol. The van der Waals surface area contributed by atoms with E-state index in [0.717, 1.165) is 30.4 Å². The molecule has 1 aromatic rings. The molecule has 27 heavy (non-hydrogen) atoms. The van der Waals surface area contributed by atoms with Gasteiger partial charge in [-0.3, -0.25) is 4.79 Å². The van der Waals surface area contributed by atoms with Crippen molar-refractivity contribution in [3.8, 4) is 5.75 Å². The Morgan fingerprint density at radius 1 is 1.41 bits per heavy atom. The Hall–Kier alpha value is -1.90. The number of aliphatic imine (C=N–C) groups is 1. The summed E-state index contributed by atoms with van der Waals surface area (Å²) < 4.78 is 30.4. The van der Waals surface area contributed by atoms with Crippen LogP contribution >= 0.6 is 15.9 Å². The highest BCUT2D eigenvalue weighted by Crippen LogP contribution is 2.25. The summed E-state index contributed by atoms with van der Waals surface area (Å²) in [4.78, 5) is 17.9. The molecular weight excluding hydrogens is 422 g/mol. The Labute approximate surface area is 166 Å². The zero-order chi connectivity index (χ0) is 19.6. The number of amides is 1. The molecule has 9 heteroatoms. The Balaban J connectivity index is 1.90. The second-order valence-corrected chi connectivity index (χ2v) is 7.01. The Kier molecular flexibility index (Phi) is 8.77. The molecule has 1 amide bonds. The quantitative estimate of drug-likeness (QED) is 0.347. The minimum atomic E-state index is -2.88. The summed E-state index contributed by atoms with van der Waals surface area (Å²) in [7, 11) is 0. The van der Waals surface area contributed by atoms with E-state index in [1.807, 2.05) is 11.8 Å². The van der Waals surface area contributed by atoms with Crippen LogP contribution in [0, 0.1) is 0 Å². The fraction of sp³-hybridized carbons (Fsp3) is 0.556. The number of ether oxygens (including phenoxy) is 1. The summed E-state index contributed by atoms with van der Waals surface area (Å²) >= 11 is 3.33. The van der Waals surface area contributed by atoms with Crippen molar-refractivity contribution in [1.82, 2.24) is 15.5 Å². The fourth-order valence-corrected chi connectivity index (χ4v) is 3.21. The first-order valence-corrected chi connectivity index (χ1v) is 9.82. The number of carbonyl (C=O) groups is 1. The summed E-state index contributed by atoms with van der Waals surface area (Å²) in [5, 5.41) is 6.33. The third-order valence-electron chi connectivity index (χ3n) is 4.06. The molecule has 2 rings (SSSR count). The van der Waals surface area contributed by atoms with E-state index in [2.05, 4.69) is 36.3 Å². The van der Waals surface area contributed by atoms with Crippen LogP contribution in [0.4, 0.5) is 8.78 Å². The van der Waals surface area contributed by atoms with Crippen molar-refractivity contribution in [2.45, 2.75) is 39.3 Å². The first-order valence-electron chi connectivity index (χ1n) is 9.02. The summed E-state index contributed by atoms with van der Waals surface area (Å²) in [5.74, 6) is 0.922. The van der Waals surface area contributed by atoms with E-state index < -0.39 is 6.61 Å². The number of nitrogens with zero attached hydrogens (tertiary/aromatic N) is 2. The van der Waals surface area contributed by atoms with Crippen molar-refractivity contribution in [3.05, 3.63) is 28.2 Å². The SMILES string of the molecule is CCNC(=NCc1cc(Br)ccc1OC(F)F)NCCCN1CCCC1=O. The zero-order valence-corrected chi connectivity index (χ0v) is 16.9. The van der Waals surface area contributed by atoms with E-state index in [0.29, 0.717) is 31.0 Å². The maximum absolute atomic E-state index is 12.6. The molecule has 1 aromatic carbocycles. The molecule has 1 fully saturated rings. The predicted molar refractivity (Wildman–Crippen MR) is 104 cm³/mol. The molecular formula is C18H25BrF2N4O2. The molecule has 0 spiro atoms. The molecule has 0 saturated carbocycles. The van der Waals surface area contributed by atoms with E-state index in [1.165, 1.54) is 6.07 Å². The minimum Gasteiger partial charge on any atom is -0.434 e. The number of guanidine groups is 1. The van der Waals surface area contributed by atoms with E-state index in [1.54, 1.807) is 12.1 Å². The van der Waals surface area contributed by atoms with Crippen molar-refractivity contribution in [3.63, 3.8) is 0 Å². The molecule has 0 aliphatic carbocycles. The normalized spacial score (nSPS) is 14.8. The lowest BCUT2D eigenvalue weighted by Crippen LogP contribution is -2.39. The minimum absolute atomic E-state index is 0.111. The molecule has 0 aromatic heterocycles. The van der Waals surface area contributed by atoms with Gasteiger partial charge in [0.2, 0.25) is 5.91 Å². The Bertz CT molecular complexity index is 658. The number of alkyl halides is 2. The Morgan fingerprint density at radius 3 is 2.89 bits per heavy atom. The number of carbonyl (C=O) groups excluding carboxylic acids is 1. The van der Waals surface area contributed by atoms with Gasteiger partial charge in [-0.1, -0.05) is 15.9 Å². The molecule has 1 aliphatic heterocycles. The van der Waals surface area contributed by atoms with Crippen LogP contribution in [-0.4, -0.2) is 49.6 Å². The van der Waals surface area contributed by atoms with Gasteiger partial charge < -0.3 is 20.3 Å². The molecule has 2 N–H and O–H groups in total. The van der Waals surface area contributed by atoms with E-state index >= 15 is 0 Å².